The summed E-state index contributed by atoms with van der Waals surface area (Å²) in [5.41, 5.74) is 4.41. The smallest absolute Gasteiger partial charge is 0.337 e. The lowest BCUT2D eigenvalue weighted by molar-refractivity contribution is -0.119. The maximum absolute atomic E-state index is 12.5. The van der Waals surface area contributed by atoms with Gasteiger partial charge in [0.2, 0.25) is 5.91 Å². The van der Waals surface area contributed by atoms with Gasteiger partial charge in [-0.15, -0.1) is 0 Å². The van der Waals surface area contributed by atoms with Crippen molar-refractivity contribution < 1.29 is 19.1 Å². The number of allylic oxidation sites excluding steroid dienone is 1. The summed E-state index contributed by atoms with van der Waals surface area (Å²) in [5, 5.41) is 6.04. The van der Waals surface area contributed by atoms with E-state index >= 15 is 0 Å². The van der Waals surface area contributed by atoms with Crippen molar-refractivity contribution in [1.82, 2.24) is 4.90 Å². The third-order valence-corrected chi connectivity index (χ3v) is 4.97. The SMILES string of the molecule is COC(=O)c1ccc2c(c1)NC(=O)C2=C(C)Nc1ccc(N(C)C(=O)CN(C)C)cc1. The number of fused-ring (bicyclic) bond motifs is 1. The molecule has 0 atom stereocenters. The predicted octanol–water partition coefficient (Wildman–Crippen LogP) is 2.79. The molecule has 2 aromatic carbocycles. The van der Waals surface area contributed by atoms with Gasteiger partial charge in [0.15, 0.2) is 0 Å². The third kappa shape index (κ3) is 4.75. The molecule has 8 heteroatoms. The van der Waals surface area contributed by atoms with Crippen molar-refractivity contribution in [3.63, 3.8) is 0 Å². The van der Waals surface area contributed by atoms with E-state index in [1.54, 1.807) is 30.1 Å². The molecular weight excluding hydrogens is 396 g/mol. The Hall–Kier alpha value is -3.65. The number of hydrogen-bond acceptors (Lipinski definition) is 6. The van der Waals surface area contributed by atoms with Gasteiger partial charge in [-0.1, -0.05) is 6.07 Å². The molecule has 8 nitrogen and oxygen atoms in total. The lowest BCUT2D eigenvalue weighted by Crippen LogP contribution is -2.34. The largest absolute Gasteiger partial charge is 0.465 e. The van der Waals surface area contributed by atoms with Gasteiger partial charge in [0.05, 0.1) is 30.5 Å². The van der Waals surface area contributed by atoms with Crippen LogP contribution in [0.2, 0.25) is 0 Å². The Balaban J connectivity index is 1.80. The van der Waals surface area contributed by atoms with Gasteiger partial charge >= 0.3 is 5.97 Å². The van der Waals surface area contributed by atoms with E-state index in [9.17, 15) is 14.4 Å². The summed E-state index contributed by atoms with van der Waals surface area (Å²) in [6.45, 7) is 2.15. The second kappa shape index (κ2) is 9.01. The first-order valence-electron chi connectivity index (χ1n) is 9.74. The molecule has 31 heavy (non-hydrogen) atoms. The topological polar surface area (TPSA) is 91.0 Å². The van der Waals surface area contributed by atoms with Crippen LogP contribution in [0.15, 0.2) is 48.2 Å². The van der Waals surface area contributed by atoms with Gasteiger partial charge in [0, 0.05) is 29.7 Å². The fourth-order valence-corrected chi connectivity index (χ4v) is 3.36. The number of ether oxygens (including phenoxy) is 1. The van der Waals surface area contributed by atoms with Crippen molar-refractivity contribution in [2.45, 2.75) is 6.92 Å². The number of likely N-dealkylation sites (N-methyl/N-ethyl adjacent to an activating group) is 2. The van der Waals surface area contributed by atoms with Gasteiger partial charge in [-0.3, -0.25) is 9.59 Å². The molecule has 1 aliphatic rings. The van der Waals surface area contributed by atoms with Crippen molar-refractivity contribution in [3.05, 3.63) is 59.3 Å². The maximum atomic E-state index is 12.5. The molecule has 0 radical (unpaired) electrons. The van der Waals surface area contributed by atoms with E-state index < -0.39 is 5.97 Å². The van der Waals surface area contributed by atoms with Gasteiger partial charge in [0.25, 0.3) is 5.91 Å². The fraction of sp³-hybridized carbons (Fsp3) is 0.261. The molecule has 0 bridgehead atoms. The Morgan fingerprint density at radius 3 is 2.35 bits per heavy atom. The fourth-order valence-electron chi connectivity index (χ4n) is 3.36. The Morgan fingerprint density at radius 2 is 1.74 bits per heavy atom. The summed E-state index contributed by atoms with van der Waals surface area (Å²) in [5.74, 6) is -0.708. The number of hydrogen-bond donors (Lipinski definition) is 2. The van der Waals surface area contributed by atoms with Gasteiger partial charge in [-0.2, -0.15) is 0 Å². The van der Waals surface area contributed by atoms with Crippen molar-refractivity contribution in [3.8, 4) is 0 Å². The molecule has 0 aromatic heterocycles. The number of rotatable bonds is 6. The van der Waals surface area contributed by atoms with Crippen LogP contribution in [-0.2, 0) is 14.3 Å². The molecule has 2 aromatic rings. The Bertz CT molecular complexity index is 1060. The van der Waals surface area contributed by atoms with E-state index in [1.165, 1.54) is 7.11 Å². The molecular formula is C23H26N4O4. The third-order valence-electron chi connectivity index (χ3n) is 4.97. The Labute approximate surface area is 181 Å². The first-order chi connectivity index (χ1) is 14.7. The number of nitrogens with one attached hydrogen (secondary N) is 2. The molecule has 1 heterocycles. The van der Waals surface area contributed by atoms with Crippen LogP contribution >= 0.6 is 0 Å². The molecule has 0 spiro atoms. The van der Waals surface area contributed by atoms with Crippen LogP contribution in [0, 0.1) is 0 Å². The highest BCUT2D eigenvalue weighted by atomic mass is 16.5. The standard InChI is InChI=1S/C23H26N4O4/c1-14(21-18-11-6-15(23(30)31-5)12-19(18)25-22(21)29)24-16-7-9-17(10-8-16)27(4)20(28)13-26(2)3/h6-12,24H,13H2,1-5H3,(H,25,29). The van der Waals surface area contributed by atoms with Crippen LogP contribution in [0.4, 0.5) is 17.1 Å². The minimum Gasteiger partial charge on any atom is -0.465 e. The molecule has 3 rings (SSSR count). The average Bonchev–Trinajstić information content (AvgIpc) is 3.07. The molecule has 162 valence electrons. The molecule has 0 fully saturated rings. The van der Waals surface area contributed by atoms with Crippen LogP contribution in [0.5, 0.6) is 0 Å². The zero-order valence-electron chi connectivity index (χ0n) is 18.3. The van der Waals surface area contributed by atoms with E-state index in [-0.39, 0.29) is 11.8 Å². The molecule has 2 amide bonds. The van der Waals surface area contributed by atoms with Crippen LogP contribution in [0.25, 0.3) is 5.57 Å². The minimum atomic E-state index is -0.460. The zero-order valence-corrected chi connectivity index (χ0v) is 18.3. The van der Waals surface area contributed by atoms with Crippen molar-refractivity contribution in [2.24, 2.45) is 0 Å². The maximum Gasteiger partial charge on any atom is 0.337 e. The zero-order chi connectivity index (χ0) is 22.7. The summed E-state index contributed by atoms with van der Waals surface area (Å²) in [4.78, 5) is 39.9. The Morgan fingerprint density at radius 1 is 1.06 bits per heavy atom. The van der Waals surface area contributed by atoms with E-state index in [1.807, 2.05) is 50.2 Å². The number of carbonyl (C=O) groups is 3. The Kier molecular flexibility index (Phi) is 6.41. The summed E-state index contributed by atoms with van der Waals surface area (Å²) in [6.07, 6.45) is 0. The quantitative estimate of drug-likeness (QED) is 0.550. The van der Waals surface area contributed by atoms with E-state index in [4.69, 9.17) is 4.74 Å². The number of anilines is 3. The number of methoxy groups -OCH3 is 1. The van der Waals surface area contributed by atoms with Gasteiger partial charge in [-0.05, 0) is 57.4 Å². The average molecular weight is 422 g/mol. The van der Waals surface area contributed by atoms with Gasteiger partial charge < -0.3 is 25.2 Å². The van der Waals surface area contributed by atoms with Crippen LogP contribution in [0.1, 0.15) is 22.8 Å². The van der Waals surface area contributed by atoms with Gasteiger partial charge in [-0.25, -0.2) is 4.79 Å². The van der Waals surface area contributed by atoms with Gasteiger partial charge in [0.1, 0.15) is 0 Å². The van der Waals surface area contributed by atoms with Crippen molar-refractivity contribution in [2.75, 3.05) is 50.3 Å². The second-order valence-corrected chi connectivity index (χ2v) is 7.57. The second-order valence-electron chi connectivity index (χ2n) is 7.57. The first kappa shape index (κ1) is 22.0. The minimum absolute atomic E-state index is 0.00503. The van der Waals surface area contributed by atoms with E-state index in [0.717, 1.165) is 11.4 Å². The van der Waals surface area contributed by atoms with E-state index in [0.29, 0.717) is 34.6 Å². The molecule has 0 saturated carbocycles. The number of esters is 1. The molecule has 1 aliphatic heterocycles. The molecule has 0 saturated heterocycles. The molecule has 0 aliphatic carbocycles. The summed E-state index contributed by atoms with van der Waals surface area (Å²) >= 11 is 0. The highest BCUT2D eigenvalue weighted by Crippen LogP contribution is 2.35. The van der Waals surface area contributed by atoms with Crippen LogP contribution in [-0.4, -0.2) is 57.5 Å². The summed E-state index contributed by atoms with van der Waals surface area (Å²) < 4.78 is 4.73. The highest BCUT2D eigenvalue weighted by molar-refractivity contribution is 6.32. The normalized spacial score (nSPS) is 14.1. The van der Waals surface area contributed by atoms with E-state index in [2.05, 4.69) is 10.6 Å². The van der Waals surface area contributed by atoms with Crippen molar-refractivity contribution >= 4 is 40.4 Å². The predicted molar refractivity (Wildman–Crippen MR) is 121 cm³/mol. The number of benzene rings is 2. The van der Waals surface area contributed by atoms with Crippen molar-refractivity contribution in [1.29, 1.82) is 0 Å². The van der Waals surface area contributed by atoms with Crippen LogP contribution < -0.4 is 15.5 Å². The molecule has 0 unspecified atom stereocenters. The molecule has 2 N–H and O–H groups in total. The van der Waals surface area contributed by atoms with Crippen LogP contribution in [0.3, 0.4) is 0 Å². The lowest BCUT2D eigenvalue weighted by Gasteiger charge is -2.20. The monoisotopic (exact) mass is 422 g/mol. The number of amides is 2. The number of nitrogens with zero attached hydrogens (tertiary/aromatic N) is 2. The number of carbonyl (C=O) groups excluding carboxylic acids is 3. The summed E-state index contributed by atoms with van der Waals surface area (Å²) in [7, 11) is 6.75. The lowest BCUT2D eigenvalue weighted by atomic mass is 10.0. The summed E-state index contributed by atoms with van der Waals surface area (Å²) in [6, 6.07) is 12.4. The first-order valence-corrected chi connectivity index (χ1v) is 9.74. The highest BCUT2D eigenvalue weighted by Gasteiger charge is 2.27.